The second-order valence-corrected chi connectivity index (χ2v) is 8.85. The van der Waals surface area contributed by atoms with Gasteiger partial charge in [-0.2, -0.15) is 0 Å². The van der Waals surface area contributed by atoms with E-state index in [1.54, 1.807) is 0 Å². The van der Waals surface area contributed by atoms with E-state index in [-0.39, 0.29) is 11.7 Å². The molecule has 2 saturated heterocycles. The molecule has 0 aromatic carbocycles. The first kappa shape index (κ1) is 18.0. The smallest absolute Gasteiger partial charge is 0.194 e. The molecular weight excluding hydrogens is 338 g/mol. The monoisotopic (exact) mass is 365 g/mol. The Morgan fingerprint density at radius 2 is 2.12 bits per heavy atom. The Kier molecular flexibility index (Phi) is 5.78. The summed E-state index contributed by atoms with van der Waals surface area (Å²) in [5.41, 5.74) is 0. The molecule has 0 bridgehead atoms. The Balaban J connectivity index is 1.57. The number of nitrogens with zero attached hydrogens (tertiary/aromatic N) is 4. The second-order valence-electron chi connectivity index (χ2n) is 6.63. The minimum Gasteiger partial charge on any atom is -0.357 e. The minimum absolute atomic E-state index is 0.161. The lowest BCUT2D eigenvalue weighted by molar-refractivity contribution is 0.370. The van der Waals surface area contributed by atoms with Gasteiger partial charge in [-0.3, -0.25) is 4.99 Å². The lowest BCUT2D eigenvalue weighted by Crippen LogP contribution is -2.52. The highest BCUT2D eigenvalue weighted by Gasteiger charge is 2.28. The molecular formula is C17H27N5O2S. The van der Waals surface area contributed by atoms with Crippen LogP contribution in [0.5, 0.6) is 0 Å². The maximum absolute atomic E-state index is 11.6. The number of sulfone groups is 1. The normalized spacial score (nSPS) is 23.7. The predicted molar refractivity (Wildman–Crippen MR) is 101 cm³/mol. The van der Waals surface area contributed by atoms with Gasteiger partial charge in [-0.05, 0) is 31.4 Å². The second kappa shape index (κ2) is 8.03. The lowest BCUT2D eigenvalue weighted by Gasteiger charge is -2.37. The number of guanidine groups is 1. The fraction of sp³-hybridized carbons (Fsp3) is 0.647. The van der Waals surface area contributed by atoms with Crippen LogP contribution < -0.4 is 10.2 Å². The Bertz CT molecular complexity index is 684. The van der Waals surface area contributed by atoms with Crippen molar-refractivity contribution in [2.24, 2.45) is 10.9 Å². The number of rotatable bonds is 4. The minimum atomic E-state index is -2.84. The molecule has 1 aromatic heterocycles. The number of piperazine rings is 1. The molecule has 25 heavy (non-hydrogen) atoms. The molecule has 0 saturated carbocycles. The molecule has 3 heterocycles. The van der Waals surface area contributed by atoms with Crippen LogP contribution in [-0.4, -0.2) is 75.0 Å². The van der Waals surface area contributed by atoms with Crippen LogP contribution in [0, 0.1) is 5.92 Å². The van der Waals surface area contributed by atoms with Crippen LogP contribution in [0.4, 0.5) is 5.82 Å². The highest BCUT2D eigenvalue weighted by atomic mass is 32.2. The molecule has 1 unspecified atom stereocenters. The van der Waals surface area contributed by atoms with Crippen molar-refractivity contribution in [3.63, 3.8) is 0 Å². The molecule has 2 aliphatic rings. The lowest BCUT2D eigenvalue weighted by atomic mass is 10.1. The molecule has 8 heteroatoms. The summed E-state index contributed by atoms with van der Waals surface area (Å²) in [5, 5.41) is 3.34. The molecule has 1 atom stereocenters. The number of aromatic nitrogens is 1. The third kappa shape index (κ3) is 4.84. The molecule has 0 amide bonds. The van der Waals surface area contributed by atoms with Gasteiger partial charge >= 0.3 is 0 Å². The maximum Gasteiger partial charge on any atom is 0.194 e. The van der Waals surface area contributed by atoms with Crippen molar-refractivity contribution in [3.8, 4) is 0 Å². The molecule has 3 rings (SSSR count). The fourth-order valence-corrected chi connectivity index (χ4v) is 5.19. The first-order valence-corrected chi connectivity index (χ1v) is 10.8. The van der Waals surface area contributed by atoms with E-state index >= 15 is 0 Å². The van der Waals surface area contributed by atoms with E-state index in [4.69, 9.17) is 4.99 Å². The van der Waals surface area contributed by atoms with Crippen molar-refractivity contribution in [2.75, 3.05) is 55.7 Å². The van der Waals surface area contributed by atoms with E-state index in [1.165, 1.54) is 0 Å². The van der Waals surface area contributed by atoms with Gasteiger partial charge in [-0.25, -0.2) is 13.4 Å². The van der Waals surface area contributed by atoms with E-state index in [0.29, 0.717) is 12.3 Å². The van der Waals surface area contributed by atoms with E-state index in [0.717, 1.165) is 50.9 Å². The molecule has 138 valence electrons. The van der Waals surface area contributed by atoms with Gasteiger partial charge in [0.1, 0.15) is 5.82 Å². The standard InChI is InChI=1S/C17H27N5O2S/c1-2-18-17(20-13-15-6-12-25(23,24)14-15)22-10-8-21(9-11-22)16-5-3-4-7-19-16/h3-5,7,15H,2,6,8-14H2,1H3,(H,18,20). The summed E-state index contributed by atoms with van der Waals surface area (Å²) in [6.07, 6.45) is 2.56. The zero-order valence-corrected chi connectivity index (χ0v) is 15.6. The summed E-state index contributed by atoms with van der Waals surface area (Å²) >= 11 is 0. The number of nitrogens with one attached hydrogen (secondary N) is 1. The van der Waals surface area contributed by atoms with Crippen LogP contribution in [0.25, 0.3) is 0 Å². The van der Waals surface area contributed by atoms with Crippen molar-refractivity contribution >= 4 is 21.6 Å². The summed E-state index contributed by atoms with van der Waals surface area (Å²) in [5.74, 6) is 2.66. The third-order valence-corrected chi connectivity index (χ3v) is 6.55. The van der Waals surface area contributed by atoms with Gasteiger partial charge < -0.3 is 15.1 Å². The molecule has 2 aliphatic heterocycles. The van der Waals surface area contributed by atoms with Crippen LogP contribution in [0.2, 0.25) is 0 Å². The Morgan fingerprint density at radius 3 is 2.72 bits per heavy atom. The van der Waals surface area contributed by atoms with Gasteiger partial charge in [0, 0.05) is 45.5 Å². The Hall–Kier alpha value is -1.83. The van der Waals surface area contributed by atoms with Crippen LogP contribution in [0.1, 0.15) is 13.3 Å². The van der Waals surface area contributed by atoms with Gasteiger partial charge in [-0.1, -0.05) is 6.07 Å². The highest BCUT2D eigenvalue weighted by Crippen LogP contribution is 2.19. The number of hydrogen-bond donors (Lipinski definition) is 1. The molecule has 0 aliphatic carbocycles. The summed E-state index contributed by atoms with van der Waals surface area (Å²) in [6, 6.07) is 5.98. The van der Waals surface area contributed by atoms with Crippen LogP contribution >= 0.6 is 0 Å². The fourth-order valence-electron chi connectivity index (χ4n) is 3.35. The van der Waals surface area contributed by atoms with E-state index in [1.807, 2.05) is 24.4 Å². The van der Waals surface area contributed by atoms with Gasteiger partial charge in [0.25, 0.3) is 0 Å². The van der Waals surface area contributed by atoms with E-state index in [9.17, 15) is 8.42 Å². The summed E-state index contributed by atoms with van der Waals surface area (Å²) in [4.78, 5) is 13.7. The average Bonchev–Trinajstić information content (AvgIpc) is 2.98. The third-order valence-electron chi connectivity index (χ3n) is 4.71. The van der Waals surface area contributed by atoms with E-state index in [2.05, 4.69) is 27.0 Å². The Labute approximate surface area is 150 Å². The van der Waals surface area contributed by atoms with Crippen molar-refractivity contribution in [2.45, 2.75) is 13.3 Å². The zero-order chi connectivity index (χ0) is 17.7. The highest BCUT2D eigenvalue weighted by molar-refractivity contribution is 7.91. The molecule has 7 nitrogen and oxygen atoms in total. The molecule has 1 N–H and O–H groups in total. The summed E-state index contributed by atoms with van der Waals surface area (Å²) < 4.78 is 23.2. The molecule has 2 fully saturated rings. The molecule has 1 aromatic rings. The number of hydrogen-bond acceptors (Lipinski definition) is 5. The van der Waals surface area contributed by atoms with Gasteiger partial charge in [-0.15, -0.1) is 0 Å². The van der Waals surface area contributed by atoms with Crippen LogP contribution in [-0.2, 0) is 9.84 Å². The molecule has 0 spiro atoms. The van der Waals surface area contributed by atoms with Gasteiger partial charge in [0.2, 0.25) is 0 Å². The first-order chi connectivity index (χ1) is 12.1. The maximum atomic E-state index is 11.6. The van der Waals surface area contributed by atoms with Crippen LogP contribution in [0.15, 0.2) is 29.4 Å². The largest absolute Gasteiger partial charge is 0.357 e. The van der Waals surface area contributed by atoms with Crippen LogP contribution in [0.3, 0.4) is 0 Å². The predicted octanol–water partition coefficient (Wildman–Crippen LogP) is 0.604. The van der Waals surface area contributed by atoms with Crippen molar-refractivity contribution < 1.29 is 8.42 Å². The summed E-state index contributed by atoms with van der Waals surface area (Å²) in [7, 11) is -2.84. The topological polar surface area (TPSA) is 77.9 Å². The van der Waals surface area contributed by atoms with E-state index < -0.39 is 9.84 Å². The average molecular weight is 366 g/mol. The Morgan fingerprint density at radius 1 is 1.32 bits per heavy atom. The van der Waals surface area contributed by atoms with Gasteiger partial charge in [0.15, 0.2) is 15.8 Å². The van der Waals surface area contributed by atoms with Crippen molar-refractivity contribution in [1.82, 2.24) is 15.2 Å². The van der Waals surface area contributed by atoms with Gasteiger partial charge in [0.05, 0.1) is 11.5 Å². The summed E-state index contributed by atoms with van der Waals surface area (Å²) in [6.45, 7) is 7.01. The quantitative estimate of drug-likeness (QED) is 0.622. The zero-order valence-electron chi connectivity index (χ0n) is 14.8. The van der Waals surface area contributed by atoms with Crippen molar-refractivity contribution in [3.05, 3.63) is 24.4 Å². The molecule has 0 radical (unpaired) electrons. The number of aliphatic imine (C=N–C) groups is 1. The number of anilines is 1. The SMILES string of the molecule is CCNC(=NCC1CCS(=O)(=O)C1)N1CCN(c2ccccn2)CC1. The van der Waals surface area contributed by atoms with Crippen molar-refractivity contribution in [1.29, 1.82) is 0 Å². The number of pyridine rings is 1. The first-order valence-electron chi connectivity index (χ1n) is 8.97.